The van der Waals surface area contributed by atoms with Gasteiger partial charge in [0, 0.05) is 30.0 Å². The zero-order valence-corrected chi connectivity index (χ0v) is 13.1. The van der Waals surface area contributed by atoms with Gasteiger partial charge in [-0.3, -0.25) is 10.1 Å². The fraction of sp³-hybridized carbons (Fsp3) is 0. The summed E-state index contributed by atoms with van der Waals surface area (Å²) in [6.07, 6.45) is 1.51. The highest BCUT2D eigenvalue weighted by Crippen LogP contribution is 2.32. The number of non-ortho nitro benzene ring substituents is 1. The zero-order chi connectivity index (χ0) is 18.1. The van der Waals surface area contributed by atoms with E-state index in [-0.39, 0.29) is 17.4 Å². The summed E-state index contributed by atoms with van der Waals surface area (Å²) in [6.45, 7) is 0. The van der Waals surface area contributed by atoms with Gasteiger partial charge in [0.1, 0.15) is 11.6 Å². The van der Waals surface area contributed by atoms with Crippen molar-refractivity contribution in [2.75, 3.05) is 0 Å². The number of rotatable bonds is 4. The van der Waals surface area contributed by atoms with Crippen molar-refractivity contribution in [3.8, 4) is 23.0 Å². The van der Waals surface area contributed by atoms with Gasteiger partial charge in [-0.15, -0.1) is 0 Å². The maximum atomic E-state index is 13.1. The molecule has 0 amide bonds. The lowest BCUT2D eigenvalue weighted by Crippen LogP contribution is -1.89. The van der Waals surface area contributed by atoms with E-state index in [2.05, 4.69) is 9.97 Å². The van der Waals surface area contributed by atoms with Gasteiger partial charge in [0.2, 0.25) is 17.1 Å². The second-order valence-electron chi connectivity index (χ2n) is 5.34. The van der Waals surface area contributed by atoms with Crippen molar-refractivity contribution in [1.82, 2.24) is 9.97 Å². The number of benzene rings is 2. The normalized spacial score (nSPS) is 10.8. The number of pyridine rings is 1. The number of hydrogen-bond acceptors (Lipinski definition) is 6. The van der Waals surface area contributed by atoms with Crippen LogP contribution in [0.15, 0.2) is 65.2 Å². The van der Waals surface area contributed by atoms with E-state index in [9.17, 15) is 14.5 Å². The van der Waals surface area contributed by atoms with Crippen LogP contribution in [-0.2, 0) is 0 Å². The van der Waals surface area contributed by atoms with E-state index in [0.717, 1.165) is 0 Å². The molecule has 2 heterocycles. The fourth-order valence-electron chi connectivity index (χ4n) is 2.37. The molecule has 8 heteroatoms. The molecule has 128 valence electrons. The molecule has 0 aliphatic rings. The summed E-state index contributed by atoms with van der Waals surface area (Å²) >= 11 is 0. The molecule has 0 bridgehead atoms. The number of hydrogen-bond donors (Lipinski definition) is 0. The first kappa shape index (κ1) is 15.7. The van der Waals surface area contributed by atoms with Gasteiger partial charge in [-0.2, -0.15) is 4.98 Å². The number of nitro benzene ring substituents is 1. The van der Waals surface area contributed by atoms with Gasteiger partial charge < -0.3 is 9.15 Å². The third kappa shape index (κ3) is 2.95. The molecule has 0 unspecified atom stereocenters. The largest absolute Gasteiger partial charge is 0.453 e. The number of halogens is 1. The van der Waals surface area contributed by atoms with Crippen molar-refractivity contribution in [2.45, 2.75) is 0 Å². The van der Waals surface area contributed by atoms with E-state index in [1.807, 2.05) is 0 Å². The van der Waals surface area contributed by atoms with Crippen molar-refractivity contribution in [3.05, 3.63) is 76.7 Å². The van der Waals surface area contributed by atoms with Gasteiger partial charge in [0.25, 0.3) is 5.69 Å². The highest BCUT2D eigenvalue weighted by molar-refractivity contribution is 5.78. The first-order chi connectivity index (χ1) is 12.6. The average molecular weight is 351 g/mol. The quantitative estimate of drug-likeness (QED) is 0.390. The van der Waals surface area contributed by atoms with Crippen molar-refractivity contribution in [1.29, 1.82) is 0 Å². The molecular formula is C18H10FN3O4. The van der Waals surface area contributed by atoms with Crippen molar-refractivity contribution in [3.63, 3.8) is 0 Å². The second-order valence-corrected chi connectivity index (χ2v) is 5.34. The molecule has 0 saturated heterocycles. The fourth-order valence-corrected chi connectivity index (χ4v) is 2.37. The molecule has 0 N–H and O–H groups in total. The Morgan fingerprint density at radius 2 is 1.77 bits per heavy atom. The number of oxazole rings is 1. The molecule has 0 aliphatic carbocycles. The van der Waals surface area contributed by atoms with Crippen LogP contribution in [0.5, 0.6) is 11.5 Å². The molecule has 0 aliphatic heterocycles. The van der Waals surface area contributed by atoms with E-state index in [1.54, 1.807) is 18.2 Å². The summed E-state index contributed by atoms with van der Waals surface area (Å²) in [4.78, 5) is 18.6. The number of nitrogens with zero attached hydrogens (tertiary/aromatic N) is 3. The lowest BCUT2D eigenvalue weighted by molar-refractivity contribution is -0.384. The Bertz CT molecular complexity index is 1090. The van der Waals surface area contributed by atoms with Gasteiger partial charge in [-0.1, -0.05) is 0 Å². The minimum Gasteiger partial charge on any atom is -0.453 e. The first-order valence-electron chi connectivity index (χ1n) is 7.54. The summed E-state index contributed by atoms with van der Waals surface area (Å²) < 4.78 is 24.5. The molecule has 0 spiro atoms. The molecule has 2 aromatic carbocycles. The van der Waals surface area contributed by atoms with Crippen LogP contribution >= 0.6 is 0 Å². The topological polar surface area (TPSA) is 91.3 Å². The van der Waals surface area contributed by atoms with Crippen LogP contribution in [0, 0.1) is 15.9 Å². The molecule has 4 aromatic rings. The Balaban J connectivity index is 1.69. The SMILES string of the molecule is O=[N+]([O-])c1ccc(Oc2ccnc3nc(-c4ccc(F)cc4)oc23)cc1. The number of ether oxygens (including phenoxy) is 1. The highest BCUT2D eigenvalue weighted by Gasteiger charge is 2.15. The maximum Gasteiger partial charge on any atom is 0.269 e. The number of fused-ring (bicyclic) bond motifs is 1. The van der Waals surface area contributed by atoms with Crippen molar-refractivity contribution < 1.29 is 18.5 Å². The lowest BCUT2D eigenvalue weighted by Gasteiger charge is -2.04. The van der Waals surface area contributed by atoms with Crippen LogP contribution in [0.1, 0.15) is 0 Å². The monoisotopic (exact) mass is 351 g/mol. The molecule has 2 aromatic heterocycles. The average Bonchev–Trinajstić information content (AvgIpc) is 3.08. The van der Waals surface area contributed by atoms with Crippen LogP contribution in [0.2, 0.25) is 0 Å². The van der Waals surface area contributed by atoms with E-state index in [4.69, 9.17) is 9.15 Å². The smallest absolute Gasteiger partial charge is 0.269 e. The molecule has 7 nitrogen and oxygen atoms in total. The van der Waals surface area contributed by atoms with Gasteiger partial charge in [0.15, 0.2) is 5.75 Å². The predicted molar refractivity (Wildman–Crippen MR) is 90.4 cm³/mol. The molecule has 26 heavy (non-hydrogen) atoms. The summed E-state index contributed by atoms with van der Waals surface area (Å²) in [5.74, 6) is 0.699. The van der Waals surface area contributed by atoms with Gasteiger partial charge >= 0.3 is 0 Å². The summed E-state index contributed by atoms with van der Waals surface area (Å²) in [5.41, 5.74) is 1.23. The maximum absolute atomic E-state index is 13.1. The minimum atomic E-state index is -0.486. The van der Waals surface area contributed by atoms with Crippen molar-refractivity contribution >= 4 is 16.9 Å². The summed E-state index contributed by atoms with van der Waals surface area (Å²) in [6, 6.07) is 13.0. The van der Waals surface area contributed by atoms with Crippen LogP contribution in [-0.4, -0.2) is 14.9 Å². The van der Waals surface area contributed by atoms with Gasteiger partial charge in [-0.05, 0) is 36.4 Å². The van der Waals surface area contributed by atoms with Crippen LogP contribution in [0.25, 0.3) is 22.7 Å². The third-order valence-corrected chi connectivity index (χ3v) is 3.62. The molecular weight excluding hydrogens is 341 g/mol. The van der Waals surface area contributed by atoms with Gasteiger partial charge in [0.05, 0.1) is 4.92 Å². The Morgan fingerprint density at radius 3 is 2.46 bits per heavy atom. The first-order valence-corrected chi connectivity index (χ1v) is 7.54. The molecule has 4 rings (SSSR count). The Morgan fingerprint density at radius 1 is 1.04 bits per heavy atom. The second kappa shape index (κ2) is 6.25. The van der Waals surface area contributed by atoms with E-state index in [0.29, 0.717) is 28.3 Å². The van der Waals surface area contributed by atoms with Crippen molar-refractivity contribution in [2.24, 2.45) is 0 Å². The highest BCUT2D eigenvalue weighted by atomic mass is 19.1. The predicted octanol–water partition coefficient (Wildman–Crippen LogP) is 4.73. The summed E-state index contributed by atoms with van der Waals surface area (Å²) in [5, 5.41) is 10.7. The van der Waals surface area contributed by atoms with E-state index < -0.39 is 4.92 Å². The van der Waals surface area contributed by atoms with Crippen LogP contribution in [0.3, 0.4) is 0 Å². The minimum absolute atomic E-state index is 0.0320. The number of nitro groups is 1. The van der Waals surface area contributed by atoms with Crippen LogP contribution < -0.4 is 4.74 Å². The Labute approximate surface area is 145 Å². The Kier molecular flexibility index (Phi) is 3.77. The van der Waals surface area contributed by atoms with E-state index >= 15 is 0 Å². The lowest BCUT2D eigenvalue weighted by atomic mass is 10.2. The van der Waals surface area contributed by atoms with E-state index in [1.165, 1.54) is 42.6 Å². The molecule has 0 fully saturated rings. The zero-order valence-electron chi connectivity index (χ0n) is 13.1. The molecule has 0 atom stereocenters. The third-order valence-electron chi connectivity index (χ3n) is 3.62. The summed E-state index contributed by atoms with van der Waals surface area (Å²) in [7, 11) is 0. The molecule has 0 radical (unpaired) electrons. The molecule has 0 saturated carbocycles. The van der Waals surface area contributed by atoms with Gasteiger partial charge in [-0.25, -0.2) is 9.37 Å². The Hall–Kier alpha value is -3.81. The standard InChI is InChI=1S/C18H10FN3O4/c19-12-3-1-11(2-4-12)18-21-17-16(26-18)15(9-10-20-17)25-14-7-5-13(6-8-14)22(23)24/h1-10H. The van der Waals surface area contributed by atoms with Crippen LogP contribution in [0.4, 0.5) is 10.1 Å². The number of aromatic nitrogens is 2.